The predicted molar refractivity (Wildman–Crippen MR) is 123 cm³/mol. The van der Waals surface area contributed by atoms with E-state index in [4.69, 9.17) is 4.74 Å². The van der Waals surface area contributed by atoms with Crippen LogP contribution in [0.4, 0.5) is 5.13 Å². The Labute approximate surface area is 193 Å². The molecule has 0 radical (unpaired) electrons. The van der Waals surface area contributed by atoms with Crippen LogP contribution in [-0.2, 0) is 14.3 Å². The molecule has 1 unspecified atom stereocenters. The summed E-state index contributed by atoms with van der Waals surface area (Å²) in [7, 11) is 1.28. The van der Waals surface area contributed by atoms with E-state index in [0.29, 0.717) is 16.1 Å². The van der Waals surface area contributed by atoms with E-state index in [9.17, 15) is 19.5 Å². The van der Waals surface area contributed by atoms with E-state index in [2.05, 4.69) is 10.2 Å². The molecular weight excluding hydrogens is 442 g/mol. The van der Waals surface area contributed by atoms with Gasteiger partial charge in [0, 0.05) is 0 Å². The Morgan fingerprint density at radius 1 is 1.09 bits per heavy atom. The normalized spacial score (nSPS) is 16.0. The van der Waals surface area contributed by atoms with Gasteiger partial charge in [0.1, 0.15) is 5.01 Å². The molecule has 9 heteroatoms. The number of carbonyl (C=O) groups excluding carboxylic acids is 3. The lowest BCUT2D eigenvalue weighted by Crippen LogP contribution is -2.30. The van der Waals surface area contributed by atoms with Crippen LogP contribution in [0.15, 0.2) is 72.0 Å². The Balaban J connectivity index is 1.77. The fourth-order valence-electron chi connectivity index (χ4n) is 3.50. The predicted octanol–water partition coefficient (Wildman–Crippen LogP) is 3.82. The van der Waals surface area contributed by atoms with Gasteiger partial charge in [0.2, 0.25) is 5.13 Å². The summed E-state index contributed by atoms with van der Waals surface area (Å²) in [5.74, 6) is -2.42. The third kappa shape index (κ3) is 4.31. The van der Waals surface area contributed by atoms with Crippen molar-refractivity contribution in [3.63, 3.8) is 0 Å². The molecule has 1 N–H and O–H groups in total. The Morgan fingerprint density at radius 2 is 1.79 bits per heavy atom. The standard InChI is InChI=1S/C24H19N3O5S/c1-14-25-26-24(33-14)27-20(16-9-11-17(12-10-16)23(31)32-2)19(21(29)22(27)30)18(28)13-8-15-6-4-3-5-7-15/h3-13,20,29H,1-2H3/b13-8+. The largest absolute Gasteiger partial charge is 0.503 e. The fraction of sp³-hybridized carbons (Fsp3) is 0.125. The molecule has 1 atom stereocenters. The quantitative estimate of drug-likeness (QED) is 0.439. The zero-order valence-corrected chi connectivity index (χ0v) is 18.6. The maximum Gasteiger partial charge on any atom is 0.337 e. The Bertz CT molecular complexity index is 1280. The van der Waals surface area contributed by atoms with Crippen molar-refractivity contribution in [3.05, 3.63) is 93.7 Å². The maximum absolute atomic E-state index is 13.2. The van der Waals surface area contributed by atoms with Gasteiger partial charge in [-0.25, -0.2) is 4.79 Å². The molecule has 1 aliphatic heterocycles. The number of nitrogens with zero attached hydrogens (tertiary/aromatic N) is 3. The molecule has 0 spiro atoms. The number of ether oxygens (including phenoxy) is 1. The fourth-order valence-corrected chi connectivity index (χ4v) is 4.21. The van der Waals surface area contributed by atoms with Crippen molar-refractivity contribution >= 4 is 40.2 Å². The van der Waals surface area contributed by atoms with Crippen LogP contribution >= 0.6 is 11.3 Å². The molecule has 4 rings (SSSR count). The maximum atomic E-state index is 13.2. The van der Waals surface area contributed by atoms with E-state index >= 15 is 0 Å². The van der Waals surface area contributed by atoms with Crippen molar-refractivity contribution in [1.82, 2.24) is 10.2 Å². The molecule has 0 saturated carbocycles. The minimum absolute atomic E-state index is 0.0779. The number of esters is 1. The zero-order valence-electron chi connectivity index (χ0n) is 17.8. The van der Waals surface area contributed by atoms with E-state index in [1.54, 1.807) is 25.1 Å². The van der Waals surface area contributed by atoms with Crippen molar-refractivity contribution in [1.29, 1.82) is 0 Å². The van der Waals surface area contributed by atoms with E-state index in [-0.39, 0.29) is 10.7 Å². The number of rotatable bonds is 6. The van der Waals surface area contributed by atoms with Gasteiger partial charge in [-0.05, 0) is 36.3 Å². The van der Waals surface area contributed by atoms with E-state index in [1.807, 2.05) is 30.3 Å². The molecule has 1 aliphatic rings. The van der Waals surface area contributed by atoms with Crippen LogP contribution in [0.3, 0.4) is 0 Å². The van der Waals surface area contributed by atoms with Crippen LogP contribution < -0.4 is 4.90 Å². The van der Waals surface area contributed by atoms with E-state index < -0.39 is 29.5 Å². The van der Waals surface area contributed by atoms with Crippen molar-refractivity contribution in [2.24, 2.45) is 0 Å². The van der Waals surface area contributed by atoms with Gasteiger partial charge in [-0.15, -0.1) is 10.2 Å². The minimum atomic E-state index is -0.940. The minimum Gasteiger partial charge on any atom is -0.503 e. The monoisotopic (exact) mass is 461 g/mol. The number of allylic oxidation sites excluding steroid dienone is 1. The van der Waals surface area contributed by atoms with Crippen molar-refractivity contribution < 1.29 is 24.2 Å². The smallest absolute Gasteiger partial charge is 0.337 e. The molecular formula is C24H19N3O5S. The number of ketones is 1. The van der Waals surface area contributed by atoms with Crippen LogP contribution in [0.5, 0.6) is 0 Å². The summed E-state index contributed by atoms with van der Waals surface area (Å²) in [6.07, 6.45) is 2.93. The highest BCUT2D eigenvalue weighted by Crippen LogP contribution is 2.42. The molecule has 166 valence electrons. The zero-order chi connectivity index (χ0) is 23.5. The van der Waals surface area contributed by atoms with Gasteiger partial charge in [-0.1, -0.05) is 59.9 Å². The first-order valence-electron chi connectivity index (χ1n) is 9.93. The average molecular weight is 461 g/mol. The second kappa shape index (κ2) is 9.17. The van der Waals surface area contributed by atoms with Gasteiger partial charge in [0.15, 0.2) is 11.5 Å². The first kappa shape index (κ1) is 22.1. The first-order chi connectivity index (χ1) is 15.9. The number of anilines is 1. The molecule has 0 saturated heterocycles. The van der Waals surface area contributed by atoms with Gasteiger partial charge in [-0.2, -0.15) is 0 Å². The highest BCUT2D eigenvalue weighted by atomic mass is 32.1. The topological polar surface area (TPSA) is 110 Å². The third-order valence-corrected chi connectivity index (χ3v) is 5.91. The lowest BCUT2D eigenvalue weighted by atomic mass is 9.95. The summed E-state index contributed by atoms with van der Waals surface area (Å²) >= 11 is 1.17. The molecule has 0 bridgehead atoms. The number of amides is 1. The van der Waals surface area contributed by atoms with Gasteiger partial charge < -0.3 is 9.84 Å². The second-order valence-corrected chi connectivity index (χ2v) is 8.33. The van der Waals surface area contributed by atoms with Crippen LogP contribution in [0.25, 0.3) is 6.08 Å². The van der Waals surface area contributed by atoms with Gasteiger partial charge in [0.25, 0.3) is 5.91 Å². The number of hydrogen-bond acceptors (Lipinski definition) is 8. The molecule has 3 aromatic rings. The van der Waals surface area contributed by atoms with Gasteiger partial charge in [0.05, 0.1) is 24.3 Å². The number of aromatic nitrogens is 2. The molecule has 8 nitrogen and oxygen atoms in total. The Morgan fingerprint density at radius 3 is 2.39 bits per heavy atom. The van der Waals surface area contributed by atoms with Gasteiger partial charge in [-0.3, -0.25) is 14.5 Å². The molecule has 33 heavy (non-hydrogen) atoms. The van der Waals surface area contributed by atoms with Crippen molar-refractivity contribution in [2.75, 3.05) is 12.0 Å². The molecule has 0 fully saturated rings. The van der Waals surface area contributed by atoms with Crippen LogP contribution in [0.2, 0.25) is 0 Å². The third-order valence-electron chi connectivity index (χ3n) is 5.07. The summed E-state index contributed by atoms with van der Waals surface area (Å²) in [6.45, 7) is 1.74. The molecule has 1 amide bonds. The summed E-state index contributed by atoms with van der Waals surface area (Å²) in [6, 6.07) is 14.5. The lowest BCUT2D eigenvalue weighted by molar-refractivity contribution is -0.117. The van der Waals surface area contributed by atoms with E-state index in [0.717, 1.165) is 5.56 Å². The number of aliphatic hydroxyl groups excluding tert-OH is 1. The highest BCUT2D eigenvalue weighted by molar-refractivity contribution is 7.15. The summed E-state index contributed by atoms with van der Waals surface area (Å²) < 4.78 is 4.73. The first-order valence-corrected chi connectivity index (χ1v) is 10.7. The summed E-state index contributed by atoms with van der Waals surface area (Å²) in [4.78, 5) is 39.2. The second-order valence-electron chi connectivity index (χ2n) is 7.17. The number of hydrogen-bond donors (Lipinski definition) is 1. The molecule has 2 aromatic carbocycles. The summed E-state index contributed by atoms with van der Waals surface area (Å²) in [5, 5.41) is 19.6. The van der Waals surface area contributed by atoms with Gasteiger partial charge >= 0.3 is 5.97 Å². The van der Waals surface area contributed by atoms with Crippen LogP contribution in [0, 0.1) is 6.92 Å². The number of methoxy groups -OCH3 is 1. The van der Waals surface area contributed by atoms with Crippen molar-refractivity contribution in [2.45, 2.75) is 13.0 Å². The number of benzene rings is 2. The SMILES string of the molecule is COC(=O)c1ccc(C2C(C(=O)/C=C/c3ccccc3)=C(O)C(=O)N2c2nnc(C)s2)cc1. The van der Waals surface area contributed by atoms with Crippen LogP contribution in [0.1, 0.15) is 32.5 Å². The van der Waals surface area contributed by atoms with E-state index in [1.165, 1.54) is 41.6 Å². The number of aryl methyl sites for hydroxylation is 1. The Kier molecular flexibility index (Phi) is 6.14. The number of aliphatic hydroxyl groups is 1. The molecule has 2 heterocycles. The number of carbonyl (C=O) groups is 3. The lowest BCUT2D eigenvalue weighted by Gasteiger charge is -2.23. The average Bonchev–Trinajstić information content (AvgIpc) is 3.38. The molecule has 0 aliphatic carbocycles. The molecule has 1 aromatic heterocycles. The van der Waals surface area contributed by atoms with Crippen molar-refractivity contribution in [3.8, 4) is 0 Å². The highest BCUT2D eigenvalue weighted by Gasteiger charge is 2.45. The van der Waals surface area contributed by atoms with Crippen LogP contribution in [-0.4, -0.2) is 40.1 Å². The Hall–Kier alpha value is -4.11. The summed E-state index contributed by atoms with van der Waals surface area (Å²) in [5.41, 5.74) is 1.55.